The van der Waals surface area contributed by atoms with Gasteiger partial charge in [0.1, 0.15) is 6.10 Å². The highest BCUT2D eigenvalue weighted by atomic mass is 16.6. The first-order chi connectivity index (χ1) is 4.13. The number of esters is 1. The Bertz CT molecular complexity index is 181. The summed E-state index contributed by atoms with van der Waals surface area (Å²) in [7, 11) is 0. The van der Waals surface area contributed by atoms with Gasteiger partial charge in [0.05, 0.1) is 0 Å². The van der Waals surface area contributed by atoms with Crippen molar-refractivity contribution in [2.24, 2.45) is 0 Å². The summed E-state index contributed by atoms with van der Waals surface area (Å²) in [6.07, 6.45) is -0.252. The molecule has 1 atom stereocenters. The van der Waals surface area contributed by atoms with Crippen LogP contribution in [0.15, 0.2) is 11.3 Å². The Morgan fingerprint density at radius 3 is 2.33 bits per heavy atom. The van der Waals surface area contributed by atoms with Crippen molar-refractivity contribution in [1.29, 1.82) is 0 Å². The van der Waals surface area contributed by atoms with Crippen molar-refractivity contribution >= 4 is 5.97 Å². The van der Waals surface area contributed by atoms with Crippen LogP contribution in [0.2, 0.25) is 0 Å². The predicted molar refractivity (Wildman–Crippen MR) is 30.9 cm³/mol. The molecule has 1 rings (SSSR count). The average Bonchev–Trinajstić information content (AvgIpc) is 1.98. The maximum Gasteiger partial charge on any atom is 0.374 e. The van der Waals surface area contributed by atoms with Crippen LogP contribution in [-0.4, -0.2) is 17.2 Å². The molecule has 0 saturated heterocycles. The van der Waals surface area contributed by atoms with Crippen LogP contribution in [0.5, 0.6) is 0 Å². The molecule has 0 fully saturated rings. The molecule has 1 N–H and O–H groups in total. The van der Waals surface area contributed by atoms with Crippen LogP contribution < -0.4 is 0 Å². The van der Waals surface area contributed by atoms with Gasteiger partial charge in [0.2, 0.25) is 5.76 Å². The third-order valence-electron chi connectivity index (χ3n) is 1.46. The fourth-order valence-electron chi connectivity index (χ4n) is 0.658. The summed E-state index contributed by atoms with van der Waals surface area (Å²) in [5.41, 5.74) is 0.611. The first kappa shape index (κ1) is 6.13. The van der Waals surface area contributed by atoms with Gasteiger partial charge in [0.25, 0.3) is 0 Å². The van der Waals surface area contributed by atoms with E-state index in [2.05, 4.69) is 4.74 Å². The van der Waals surface area contributed by atoms with E-state index in [0.717, 1.165) is 0 Å². The summed E-state index contributed by atoms with van der Waals surface area (Å²) in [5, 5.41) is 8.84. The highest BCUT2D eigenvalue weighted by Crippen LogP contribution is 2.18. The molecule has 3 heteroatoms. The van der Waals surface area contributed by atoms with Crippen LogP contribution in [0.25, 0.3) is 0 Å². The molecule has 3 nitrogen and oxygen atoms in total. The van der Waals surface area contributed by atoms with E-state index in [-0.39, 0.29) is 11.9 Å². The minimum atomic E-state index is -0.611. The van der Waals surface area contributed by atoms with Gasteiger partial charge in [0.15, 0.2) is 0 Å². The number of hydrogen-bond acceptors (Lipinski definition) is 3. The second-order valence-electron chi connectivity index (χ2n) is 2.08. The first-order valence-corrected chi connectivity index (χ1v) is 2.73. The van der Waals surface area contributed by atoms with Crippen molar-refractivity contribution < 1.29 is 14.6 Å². The van der Waals surface area contributed by atoms with Crippen molar-refractivity contribution in [3.63, 3.8) is 0 Å². The molecule has 9 heavy (non-hydrogen) atoms. The van der Waals surface area contributed by atoms with E-state index < -0.39 is 5.97 Å². The van der Waals surface area contributed by atoms with Crippen LogP contribution in [0.1, 0.15) is 13.8 Å². The highest BCUT2D eigenvalue weighted by Gasteiger charge is 2.27. The fraction of sp³-hybridized carbons (Fsp3) is 0.500. The zero-order valence-electron chi connectivity index (χ0n) is 5.34. The number of aliphatic hydroxyl groups is 1. The second-order valence-corrected chi connectivity index (χ2v) is 2.08. The largest absolute Gasteiger partial charge is 0.502 e. The third-order valence-corrected chi connectivity index (χ3v) is 1.46. The van der Waals surface area contributed by atoms with Crippen molar-refractivity contribution in [3.8, 4) is 0 Å². The summed E-state index contributed by atoms with van der Waals surface area (Å²) >= 11 is 0. The van der Waals surface area contributed by atoms with Gasteiger partial charge in [0, 0.05) is 5.57 Å². The maximum atomic E-state index is 10.5. The smallest absolute Gasteiger partial charge is 0.374 e. The van der Waals surface area contributed by atoms with Gasteiger partial charge < -0.3 is 9.84 Å². The number of rotatable bonds is 0. The standard InChI is InChI=1S/C6H8O3/c1-3-4(2)9-6(8)5(3)7/h4,7H,1-2H3/i1+1,2+1,4+1. The van der Waals surface area contributed by atoms with E-state index in [9.17, 15) is 4.79 Å². The summed E-state index contributed by atoms with van der Waals surface area (Å²) in [6, 6.07) is 0. The lowest BCUT2D eigenvalue weighted by Crippen LogP contribution is -2.04. The summed E-state index contributed by atoms with van der Waals surface area (Å²) in [6.45, 7) is 3.39. The summed E-state index contributed by atoms with van der Waals surface area (Å²) < 4.78 is 4.62. The molecule has 1 aliphatic heterocycles. The van der Waals surface area contributed by atoms with Gasteiger partial charge in [-0.25, -0.2) is 4.79 Å². The monoisotopic (exact) mass is 131 g/mol. The summed E-state index contributed by atoms with van der Waals surface area (Å²) in [4.78, 5) is 10.5. The topological polar surface area (TPSA) is 46.5 Å². The Morgan fingerprint density at radius 2 is 2.22 bits per heavy atom. The van der Waals surface area contributed by atoms with E-state index >= 15 is 0 Å². The van der Waals surface area contributed by atoms with Gasteiger partial charge in [-0.3, -0.25) is 0 Å². The maximum absolute atomic E-state index is 10.5. The zero-order valence-corrected chi connectivity index (χ0v) is 5.34. The Morgan fingerprint density at radius 1 is 1.67 bits per heavy atom. The van der Waals surface area contributed by atoms with Crippen LogP contribution in [0, 0.1) is 0 Å². The van der Waals surface area contributed by atoms with Crippen molar-refractivity contribution in [2.45, 2.75) is 20.0 Å². The normalized spacial score (nSPS) is 26.9. The lowest BCUT2D eigenvalue weighted by Gasteiger charge is -1.99. The molecule has 0 spiro atoms. The van der Waals surface area contributed by atoms with Gasteiger partial charge in [-0.1, -0.05) is 0 Å². The Kier molecular flexibility index (Phi) is 1.20. The highest BCUT2D eigenvalue weighted by molar-refractivity contribution is 5.89. The molecule has 50 valence electrons. The molecule has 0 aromatic rings. The van der Waals surface area contributed by atoms with Crippen LogP contribution in [0.4, 0.5) is 0 Å². The van der Waals surface area contributed by atoms with Crippen LogP contribution >= 0.6 is 0 Å². The van der Waals surface area contributed by atoms with Gasteiger partial charge in [-0.15, -0.1) is 0 Å². The fourth-order valence-corrected chi connectivity index (χ4v) is 0.658. The Labute approximate surface area is 52.9 Å². The van der Waals surface area contributed by atoms with E-state index in [4.69, 9.17) is 5.11 Å². The van der Waals surface area contributed by atoms with Gasteiger partial charge in [-0.2, -0.15) is 0 Å². The van der Waals surface area contributed by atoms with Gasteiger partial charge >= 0.3 is 5.97 Å². The lowest BCUT2D eigenvalue weighted by molar-refractivity contribution is -0.141. The van der Waals surface area contributed by atoms with Crippen LogP contribution in [-0.2, 0) is 9.53 Å². The molecule has 1 aliphatic rings. The number of carbonyl (C=O) groups excluding carboxylic acids is 1. The SMILES string of the molecule is [13CH3]C1=C(O)C(=O)O[13CH]1[13CH3]. The predicted octanol–water partition coefficient (Wildman–Crippen LogP) is 0.764. The minimum absolute atomic E-state index is 0.234. The molecular weight excluding hydrogens is 123 g/mol. The molecule has 0 aromatic carbocycles. The molecule has 0 aliphatic carbocycles. The number of cyclic esters (lactones) is 1. The quantitative estimate of drug-likeness (QED) is 0.390. The van der Waals surface area contributed by atoms with E-state index in [1.54, 1.807) is 13.8 Å². The molecule has 1 heterocycles. The number of aliphatic hydroxyl groups excluding tert-OH is 1. The Balaban J connectivity index is 2.92. The molecule has 1 unspecified atom stereocenters. The van der Waals surface area contributed by atoms with Gasteiger partial charge in [-0.05, 0) is 13.8 Å². The first-order valence-electron chi connectivity index (χ1n) is 2.73. The van der Waals surface area contributed by atoms with Crippen molar-refractivity contribution in [3.05, 3.63) is 11.3 Å². The van der Waals surface area contributed by atoms with Crippen molar-refractivity contribution in [1.82, 2.24) is 0 Å². The number of ether oxygens (including phenoxy) is 1. The molecule has 0 radical (unpaired) electrons. The number of carbonyl (C=O) groups is 1. The molecular formula is C6H8O3. The second kappa shape index (κ2) is 1.76. The molecule has 0 amide bonds. The summed E-state index contributed by atoms with van der Waals surface area (Å²) in [5.74, 6) is -0.845. The lowest BCUT2D eigenvalue weighted by atomic mass is 10.4. The van der Waals surface area contributed by atoms with E-state index in [1.165, 1.54) is 0 Å². The average molecular weight is 131 g/mol. The van der Waals surface area contributed by atoms with E-state index in [0.29, 0.717) is 5.57 Å². The third kappa shape index (κ3) is 0.781. The van der Waals surface area contributed by atoms with E-state index in [1.807, 2.05) is 0 Å². The van der Waals surface area contributed by atoms with Crippen LogP contribution in [0.3, 0.4) is 0 Å². The number of hydrogen-bond donors (Lipinski definition) is 1. The molecule has 0 aromatic heterocycles. The Hall–Kier alpha value is -0.990. The molecule has 0 saturated carbocycles. The van der Waals surface area contributed by atoms with Crippen molar-refractivity contribution in [2.75, 3.05) is 0 Å². The minimum Gasteiger partial charge on any atom is -0.502 e. The zero-order chi connectivity index (χ0) is 7.02. The molecule has 0 bridgehead atoms.